The monoisotopic (exact) mass is 494 g/mol. The highest BCUT2D eigenvalue weighted by Crippen LogP contribution is 2.30. The van der Waals surface area contributed by atoms with Gasteiger partial charge in [0.2, 0.25) is 10.0 Å². The summed E-state index contributed by atoms with van der Waals surface area (Å²) >= 11 is 0. The number of fused-ring (bicyclic) bond motifs is 1. The van der Waals surface area contributed by atoms with E-state index in [2.05, 4.69) is 4.98 Å². The van der Waals surface area contributed by atoms with E-state index in [0.717, 1.165) is 10.8 Å². The summed E-state index contributed by atoms with van der Waals surface area (Å²) < 4.78 is 54.7. The first kappa shape index (κ1) is 23.1. The molecule has 13 heteroatoms. The average Bonchev–Trinajstić information content (AvgIpc) is 3.04. The number of carboxylic acids is 1. The largest absolute Gasteiger partial charge is 0.480 e. The second kappa shape index (κ2) is 8.39. The Balaban J connectivity index is 1.77. The Bertz CT molecular complexity index is 1510. The van der Waals surface area contributed by atoms with E-state index in [1.807, 2.05) is 0 Å². The first-order chi connectivity index (χ1) is 15.5. The SMILES string of the molecule is CS(=O)(=O)c1ccccc1S(=O)(=O)N1CCC[C@@H](n2c(=O)n(CC(=O)O)c3cccnc32)C1. The zero-order valence-electron chi connectivity index (χ0n) is 17.7. The van der Waals surface area contributed by atoms with Gasteiger partial charge in [0, 0.05) is 25.5 Å². The lowest BCUT2D eigenvalue weighted by molar-refractivity contribution is -0.137. The van der Waals surface area contributed by atoms with Crippen molar-refractivity contribution in [3.8, 4) is 0 Å². The third-order valence-corrected chi connectivity index (χ3v) is 8.81. The van der Waals surface area contributed by atoms with E-state index in [1.165, 1.54) is 39.3 Å². The molecular formula is C20H22N4O7S2. The van der Waals surface area contributed by atoms with Crippen LogP contribution in [0.3, 0.4) is 0 Å². The number of aliphatic carboxylic acids is 1. The van der Waals surface area contributed by atoms with Crippen LogP contribution in [-0.2, 0) is 31.2 Å². The molecule has 1 aliphatic rings. The first-order valence-corrected chi connectivity index (χ1v) is 13.4. The summed E-state index contributed by atoms with van der Waals surface area (Å²) in [7, 11) is -7.97. The number of nitrogens with zero attached hydrogens (tertiary/aromatic N) is 4. The summed E-state index contributed by atoms with van der Waals surface area (Å²) in [6.07, 6.45) is 3.32. The van der Waals surface area contributed by atoms with Gasteiger partial charge in [0.15, 0.2) is 15.5 Å². The van der Waals surface area contributed by atoms with E-state index in [4.69, 9.17) is 0 Å². The molecule has 3 aromatic rings. The fourth-order valence-corrected chi connectivity index (χ4v) is 7.30. The van der Waals surface area contributed by atoms with Gasteiger partial charge in [-0.1, -0.05) is 12.1 Å². The van der Waals surface area contributed by atoms with Crippen LogP contribution in [-0.4, -0.2) is 65.7 Å². The molecule has 176 valence electrons. The molecule has 0 unspecified atom stereocenters. The molecule has 1 fully saturated rings. The van der Waals surface area contributed by atoms with Gasteiger partial charge in [-0.25, -0.2) is 26.6 Å². The maximum Gasteiger partial charge on any atom is 0.331 e. The highest BCUT2D eigenvalue weighted by Gasteiger charge is 2.35. The lowest BCUT2D eigenvalue weighted by atomic mass is 10.1. The molecule has 0 bridgehead atoms. The van der Waals surface area contributed by atoms with Gasteiger partial charge < -0.3 is 5.11 Å². The fourth-order valence-electron chi connectivity index (χ4n) is 4.18. The minimum Gasteiger partial charge on any atom is -0.480 e. The van der Waals surface area contributed by atoms with Crippen LogP contribution < -0.4 is 5.69 Å². The molecule has 4 rings (SSSR count). The zero-order chi connectivity index (χ0) is 24.0. The molecule has 1 aliphatic heterocycles. The first-order valence-electron chi connectivity index (χ1n) is 10.1. The lowest BCUT2D eigenvalue weighted by Gasteiger charge is -2.32. The molecule has 0 saturated carbocycles. The minimum absolute atomic E-state index is 0.0803. The highest BCUT2D eigenvalue weighted by molar-refractivity contribution is 7.93. The average molecular weight is 495 g/mol. The number of sulfone groups is 1. The second-order valence-electron chi connectivity index (χ2n) is 7.86. The van der Waals surface area contributed by atoms with E-state index in [9.17, 15) is 31.5 Å². The smallest absolute Gasteiger partial charge is 0.331 e. The van der Waals surface area contributed by atoms with Crippen molar-refractivity contribution >= 4 is 37.0 Å². The molecule has 1 atom stereocenters. The van der Waals surface area contributed by atoms with Gasteiger partial charge in [-0.05, 0) is 37.1 Å². The van der Waals surface area contributed by atoms with Crippen molar-refractivity contribution < 1.29 is 26.7 Å². The third kappa shape index (κ3) is 4.18. The highest BCUT2D eigenvalue weighted by atomic mass is 32.2. The molecule has 33 heavy (non-hydrogen) atoms. The number of hydrogen-bond donors (Lipinski definition) is 1. The van der Waals surface area contributed by atoms with Crippen molar-refractivity contribution in [2.45, 2.75) is 35.2 Å². The van der Waals surface area contributed by atoms with Crippen molar-refractivity contribution in [3.63, 3.8) is 0 Å². The third-order valence-electron chi connectivity index (χ3n) is 5.61. The van der Waals surface area contributed by atoms with Crippen LogP contribution in [0.4, 0.5) is 0 Å². The molecule has 0 aliphatic carbocycles. The van der Waals surface area contributed by atoms with Gasteiger partial charge >= 0.3 is 11.7 Å². The number of carboxylic acid groups (broad SMARTS) is 1. The molecule has 1 saturated heterocycles. The van der Waals surface area contributed by atoms with Crippen LogP contribution in [0.15, 0.2) is 57.2 Å². The predicted octanol–water partition coefficient (Wildman–Crippen LogP) is 0.712. The predicted molar refractivity (Wildman–Crippen MR) is 118 cm³/mol. The Labute approximate surface area is 189 Å². The lowest BCUT2D eigenvalue weighted by Crippen LogP contribution is -2.43. The number of hydrogen-bond acceptors (Lipinski definition) is 7. The molecule has 0 spiro atoms. The molecular weight excluding hydrogens is 472 g/mol. The van der Waals surface area contributed by atoms with Gasteiger partial charge in [0.1, 0.15) is 11.4 Å². The number of pyridine rings is 1. The number of benzene rings is 1. The van der Waals surface area contributed by atoms with Crippen LogP contribution in [0, 0.1) is 0 Å². The fraction of sp³-hybridized carbons (Fsp3) is 0.350. The molecule has 0 radical (unpaired) electrons. The van der Waals surface area contributed by atoms with E-state index in [0.29, 0.717) is 18.4 Å². The number of rotatable bonds is 6. The molecule has 2 aromatic heterocycles. The Morgan fingerprint density at radius 3 is 2.48 bits per heavy atom. The zero-order valence-corrected chi connectivity index (χ0v) is 19.3. The summed E-state index contributed by atoms with van der Waals surface area (Å²) in [6, 6.07) is 7.99. The second-order valence-corrected chi connectivity index (χ2v) is 11.7. The maximum absolute atomic E-state index is 13.4. The molecule has 0 amide bonds. The van der Waals surface area contributed by atoms with E-state index in [1.54, 1.807) is 12.1 Å². The van der Waals surface area contributed by atoms with Gasteiger partial charge in [0.05, 0.1) is 16.5 Å². The number of sulfonamides is 1. The topological polar surface area (TPSA) is 149 Å². The van der Waals surface area contributed by atoms with Crippen molar-refractivity contribution in [2.24, 2.45) is 0 Å². The number of aromatic nitrogens is 3. The van der Waals surface area contributed by atoms with Crippen molar-refractivity contribution in [2.75, 3.05) is 19.3 Å². The van der Waals surface area contributed by atoms with E-state index < -0.39 is 44.1 Å². The van der Waals surface area contributed by atoms with Gasteiger partial charge in [-0.2, -0.15) is 4.31 Å². The maximum atomic E-state index is 13.4. The van der Waals surface area contributed by atoms with Crippen LogP contribution in [0.1, 0.15) is 18.9 Å². The van der Waals surface area contributed by atoms with Crippen molar-refractivity contribution in [1.82, 2.24) is 18.4 Å². The van der Waals surface area contributed by atoms with Crippen molar-refractivity contribution in [3.05, 3.63) is 53.1 Å². The van der Waals surface area contributed by atoms with Gasteiger partial charge in [-0.3, -0.25) is 13.9 Å². The van der Waals surface area contributed by atoms with Crippen LogP contribution >= 0.6 is 0 Å². The summed E-state index contributed by atoms with van der Waals surface area (Å²) in [5.74, 6) is -1.19. The number of carbonyl (C=O) groups is 1. The number of piperidine rings is 1. The summed E-state index contributed by atoms with van der Waals surface area (Å²) in [5.41, 5.74) is 0.0173. The van der Waals surface area contributed by atoms with Crippen molar-refractivity contribution in [1.29, 1.82) is 0 Å². The Morgan fingerprint density at radius 2 is 1.82 bits per heavy atom. The van der Waals surface area contributed by atoms with Gasteiger partial charge in [-0.15, -0.1) is 0 Å². The molecule has 11 nitrogen and oxygen atoms in total. The normalized spacial score (nSPS) is 17.9. The quantitative estimate of drug-likeness (QED) is 0.527. The number of imidazole rings is 1. The van der Waals surface area contributed by atoms with E-state index in [-0.39, 0.29) is 28.5 Å². The summed E-state index contributed by atoms with van der Waals surface area (Å²) in [6.45, 7) is -0.472. The molecule has 1 aromatic carbocycles. The molecule has 1 N–H and O–H groups in total. The standard InChI is InChI=1S/C20H22N4O7S2/c1-32(28,29)16-8-2-3-9-17(16)33(30,31)22-11-5-6-14(12-22)24-19-15(7-4-10-21-19)23(20(24)27)13-18(25)26/h2-4,7-10,14H,5-6,11-13H2,1H3,(H,25,26)/t14-/m1/s1. The minimum atomic E-state index is -4.18. The molecule has 3 heterocycles. The Hall–Kier alpha value is -3.03. The van der Waals surface area contributed by atoms with Crippen LogP contribution in [0.2, 0.25) is 0 Å². The van der Waals surface area contributed by atoms with Gasteiger partial charge in [0.25, 0.3) is 0 Å². The summed E-state index contributed by atoms with van der Waals surface area (Å²) in [4.78, 5) is 28.0. The van der Waals surface area contributed by atoms with Crippen LogP contribution in [0.25, 0.3) is 11.2 Å². The van der Waals surface area contributed by atoms with E-state index >= 15 is 0 Å². The Morgan fingerprint density at radius 1 is 1.12 bits per heavy atom. The Kier molecular flexibility index (Phi) is 5.88. The van der Waals surface area contributed by atoms with Crippen LogP contribution in [0.5, 0.6) is 0 Å². The summed E-state index contributed by atoms with van der Waals surface area (Å²) in [5, 5.41) is 9.21.